The van der Waals surface area contributed by atoms with Crippen molar-refractivity contribution in [1.29, 1.82) is 0 Å². The standard InChI is InChI=1S/C13H27NO2/c1-3-5-6-7-8-9-10-14-11-13(16)12(15)4-2/h4,12-16H,2-3,5-11H2,1H3/t12-,13-/m0/s1. The first-order valence-corrected chi connectivity index (χ1v) is 6.41. The summed E-state index contributed by atoms with van der Waals surface area (Å²) < 4.78 is 0. The Morgan fingerprint density at radius 3 is 2.38 bits per heavy atom. The molecule has 0 heterocycles. The molecule has 0 aromatic heterocycles. The van der Waals surface area contributed by atoms with Crippen LogP contribution >= 0.6 is 0 Å². The molecule has 0 amide bonds. The monoisotopic (exact) mass is 229 g/mol. The highest BCUT2D eigenvalue weighted by Gasteiger charge is 2.10. The van der Waals surface area contributed by atoms with Crippen molar-refractivity contribution >= 4 is 0 Å². The predicted molar refractivity (Wildman–Crippen MR) is 68.5 cm³/mol. The van der Waals surface area contributed by atoms with Gasteiger partial charge in [-0.25, -0.2) is 0 Å². The van der Waals surface area contributed by atoms with Gasteiger partial charge in [-0.2, -0.15) is 0 Å². The molecule has 0 saturated carbocycles. The summed E-state index contributed by atoms with van der Waals surface area (Å²) in [6.45, 7) is 6.99. The normalized spacial score (nSPS) is 14.7. The molecule has 0 radical (unpaired) electrons. The Morgan fingerprint density at radius 2 is 1.75 bits per heavy atom. The van der Waals surface area contributed by atoms with Crippen molar-refractivity contribution in [3.63, 3.8) is 0 Å². The summed E-state index contributed by atoms with van der Waals surface area (Å²) in [6.07, 6.45) is 7.42. The van der Waals surface area contributed by atoms with Crippen LogP contribution in [-0.4, -0.2) is 35.5 Å². The first-order valence-electron chi connectivity index (χ1n) is 6.41. The summed E-state index contributed by atoms with van der Waals surface area (Å²) in [6, 6.07) is 0. The maximum absolute atomic E-state index is 9.41. The second kappa shape index (κ2) is 11.1. The summed E-state index contributed by atoms with van der Waals surface area (Å²) >= 11 is 0. The summed E-state index contributed by atoms with van der Waals surface area (Å²) in [4.78, 5) is 0. The van der Waals surface area contributed by atoms with Gasteiger partial charge in [0.25, 0.3) is 0 Å². The molecule has 0 aromatic rings. The lowest BCUT2D eigenvalue weighted by atomic mass is 10.1. The molecule has 3 heteroatoms. The van der Waals surface area contributed by atoms with E-state index in [1.807, 2.05) is 0 Å². The molecule has 16 heavy (non-hydrogen) atoms. The smallest absolute Gasteiger partial charge is 0.0989 e. The average molecular weight is 229 g/mol. The highest BCUT2D eigenvalue weighted by atomic mass is 16.3. The first kappa shape index (κ1) is 15.6. The van der Waals surface area contributed by atoms with Crippen LogP contribution in [0.25, 0.3) is 0 Å². The van der Waals surface area contributed by atoms with Crippen LogP contribution in [0.1, 0.15) is 45.4 Å². The molecular weight excluding hydrogens is 202 g/mol. The molecule has 0 unspecified atom stereocenters. The van der Waals surface area contributed by atoms with Crippen LogP contribution in [0.2, 0.25) is 0 Å². The maximum Gasteiger partial charge on any atom is 0.0989 e. The maximum atomic E-state index is 9.41. The first-order chi connectivity index (χ1) is 7.72. The average Bonchev–Trinajstić information content (AvgIpc) is 2.31. The van der Waals surface area contributed by atoms with Gasteiger partial charge in [0.1, 0.15) is 0 Å². The predicted octanol–water partition coefficient (Wildman–Crippen LogP) is 1.84. The van der Waals surface area contributed by atoms with Crippen molar-refractivity contribution in [3.05, 3.63) is 12.7 Å². The number of unbranched alkanes of at least 4 members (excludes halogenated alkanes) is 5. The molecule has 0 fully saturated rings. The van der Waals surface area contributed by atoms with Crippen molar-refractivity contribution < 1.29 is 10.2 Å². The van der Waals surface area contributed by atoms with Crippen molar-refractivity contribution in [2.75, 3.05) is 13.1 Å². The van der Waals surface area contributed by atoms with Gasteiger partial charge < -0.3 is 15.5 Å². The molecule has 0 aliphatic carbocycles. The minimum Gasteiger partial charge on any atom is -0.389 e. The van der Waals surface area contributed by atoms with Gasteiger partial charge in [-0.3, -0.25) is 0 Å². The van der Waals surface area contributed by atoms with Crippen LogP contribution in [0.5, 0.6) is 0 Å². The number of hydrogen-bond acceptors (Lipinski definition) is 3. The molecule has 3 nitrogen and oxygen atoms in total. The highest BCUT2D eigenvalue weighted by Crippen LogP contribution is 2.04. The van der Waals surface area contributed by atoms with E-state index in [-0.39, 0.29) is 0 Å². The molecule has 3 N–H and O–H groups in total. The lowest BCUT2D eigenvalue weighted by Crippen LogP contribution is -2.35. The van der Waals surface area contributed by atoms with Crippen molar-refractivity contribution in [3.8, 4) is 0 Å². The second-order valence-electron chi connectivity index (χ2n) is 4.27. The van der Waals surface area contributed by atoms with Gasteiger partial charge in [0.05, 0.1) is 12.2 Å². The van der Waals surface area contributed by atoms with Crippen LogP contribution in [0, 0.1) is 0 Å². The van der Waals surface area contributed by atoms with E-state index in [9.17, 15) is 10.2 Å². The van der Waals surface area contributed by atoms with E-state index in [1.165, 1.54) is 38.2 Å². The molecule has 0 aliphatic rings. The number of rotatable bonds is 11. The summed E-state index contributed by atoms with van der Waals surface area (Å²) in [5.74, 6) is 0. The van der Waals surface area contributed by atoms with Crippen LogP contribution in [0.3, 0.4) is 0 Å². The molecule has 0 spiro atoms. The lowest BCUT2D eigenvalue weighted by Gasteiger charge is -2.14. The topological polar surface area (TPSA) is 52.5 Å². The third-order valence-electron chi connectivity index (χ3n) is 2.70. The highest BCUT2D eigenvalue weighted by molar-refractivity contribution is 4.85. The van der Waals surface area contributed by atoms with Crippen molar-refractivity contribution in [2.24, 2.45) is 0 Å². The van der Waals surface area contributed by atoms with Crippen LogP contribution < -0.4 is 5.32 Å². The Bertz CT molecular complexity index is 162. The molecule has 0 saturated heterocycles. The van der Waals surface area contributed by atoms with E-state index in [1.54, 1.807) is 0 Å². The van der Waals surface area contributed by atoms with E-state index >= 15 is 0 Å². The largest absolute Gasteiger partial charge is 0.389 e. The van der Waals surface area contributed by atoms with Gasteiger partial charge in [-0.1, -0.05) is 45.1 Å². The zero-order valence-corrected chi connectivity index (χ0v) is 10.5. The number of aliphatic hydroxyl groups excluding tert-OH is 2. The Kier molecular flexibility index (Phi) is 10.9. The number of aliphatic hydroxyl groups is 2. The van der Waals surface area contributed by atoms with Gasteiger partial charge in [-0.05, 0) is 13.0 Å². The molecule has 0 aliphatic heterocycles. The van der Waals surface area contributed by atoms with Crippen LogP contribution in [-0.2, 0) is 0 Å². The van der Waals surface area contributed by atoms with E-state index in [0.717, 1.165) is 13.0 Å². The summed E-state index contributed by atoms with van der Waals surface area (Å²) in [5.41, 5.74) is 0. The molecule has 96 valence electrons. The Hall–Kier alpha value is -0.380. The third-order valence-corrected chi connectivity index (χ3v) is 2.70. The minimum absolute atomic E-state index is 0.433. The summed E-state index contributed by atoms with van der Waals surface area (Å²) in [7, 11) is 0. The zero-order chi connectivity index (χ0) is 12.2. The number of hydrogen-bond donors (Lipinski definition) is 3. The molecule has 0 aromatic carbocycles. The van der Waals surface area contributed by atoms with Gasteiger partial charge in [0.15, 0.2) is 0 Å². The van der Waals surface area contributed by atoms with E-state index in [2.05, 4.69) is 18.8 Å². The fraction of sp³-hybridized carbons (Fsp3) is 0.846. The molecule has 0 bridgehead atoms. The molecular formula is C13H27NO2. The Balaban J connectivity index is 3.17. The minimum atomic E-state index is -0.822. The van der Waals surface area contributed by atoms with Crippen LogP contribution in [0.15, 0.2) is 12.7 Å². The molecule has 0 rings (SSSR count). The van der Waals surface area contributed by atoms with Gasteiger partial charge >= 0.3 is 0 Å². The van der Waals surface area contributed by atoms with Crippen LogP contribution in [0.4, 0.5) is 0 Å². The fourth-order valence-corrected chi connectivity index (χ4v) is 1.56. The second-order valence-corrected chi connectivity index (χ2v) is 4.27. The van der Waals surface area contributed by atoms with E-state index in [0.29, 0.717) is 6.54 Å². The summed E-state index contributed by atoms with van der Waals surface area (Å²) in [5, 5.41) is 21.8. The lowest BCUT2D eigenvalue weighted by molar-refractivity contribution is 0.0494. The quantitative estimate of drug-likeness (QED) is 0.374. The Labute approximate surface area is 99.6 Å². The fourth-order valence-electron chi connectivity index (χ4n) is 1.56. The zero-order valence-electron chi connectivity index (χ0n) is 10.5. The van der Waals surface area contributed by atoms with Gasteiger partial charge in [-0.15, -0.1) is 6.58 Å². The van der Waals surface area contributed by atoms with Crippen molar-refractivity contribution in [1.82, 2.24) is 5.32 Å². The van der Waals surface area contributed by atoms with Crippen molar-refractivity contribution in [2.45, 2.75) is 57.7 Å². The van der Waals surface area contributed by atoms with E-state index in [4.69, 9.17) is 0 Å². The number of nitrogens with one attached hydrogen (secondary N) is 1. The molecule has 2 atom stereocenters. The SMILES string of the molecule is C=C[C@H](O)[C@@H](O)CNCCCCCCCC. The van der Waals surface area contributed by atoms with E-state index < -0.39 is 12.2 Å². The third kappa shape index (κ3) is 8.89. The Morgan fingerprint density at radius 1 is 1.12 bits per heavy atom. The van der Waals surface area contributed by atoms with Gasteiger partial charge in [0, 0.05) is 6.54 Å². The van der Waals surface area contributed by atoms with Gasteiger partial charge in [0.2, 0.25) is 0 Å².